The van der Waals surface area contributed by atoms with Gasteiger partial charge in [-0.2, -0.15) is 0 Å². The molecule has 41 heavy (non-hydrogen) atoms. The Bertz CT molecular complexity index is 1310. The number of amides is 2. The van der Waals surface area contributed by atoms with Crippen LogP contribution in [0.3, 0.4) is 0 Å². The van der Waals surface area contributed by atoms with Gasteiger partial charge in [0.15, 0.2) is 11.5 Å². The number of fused-ring (bicyclic) bond motifs is 1. The van der Waals surface area contributed by atoms with Gasteiger partial charge in [0.25, 0.3) is 0 Å². The molecular formula is C30H41N3O7S. The Labute approximate surface area is 243 Å². The molecule has 0 bridgehead atoms. The molecule has 0 saturated heterocycles. The molecule has 10 nitrogen and oxygen atoms in total. The Balaban J connectivity index is 1.49. The number of methoxy groups -OCH3 is 1. The topological polar surface area (TPSA) is 114 Å². The van der Waals surface area contributed by atoms with Crippen molar-refractivity contribution in [3.63, 3.8) is 0 Å². The van der Waals surface area contributed by atoms with Crippen LogP contribution in [0.2, 0.25) is 0 Å². The third-order valence-corrected chi connectivity index (χ3v) is 8.81. The molecule has 2 amide bonds. The van der Waals surface area contributed by atoms with Gasteiger partial charge in [-0.15, -0.1) is 0 Å². The van der Waals surface area contributed by atoms with Crippen LogP contribution in [-0.2, 0) is 26.2 Å². The van der Waals surface area contributed by atoms with Crippen molar-refractivity contribution in [2.24, 2.45) is 0 Å². The lowest BCUT2D eigenvalue weighted by Gasteiger charge is -2.33. The van der Waals surface area contributed by atoms with Crippen LogP contribution in [0.1, 0.15) is 63.9 Å². The van der Waals surface area contributed by atoms with Crippen molar-refractivity contribution >= 4 is 27.5 Å². The molecule has 224 valence electrons. The maximum Gasteiger partial charge on any atom is 0.243 e. The number of carbonyl (C=O) groups is 2. The summed E-state index contributed by atoms with van der Waals surface area (Å²) in [7, 11) is -2.04. The van der Waals surface area contributed by atoms with E-state index in [0.29, 0.717) is 29.4 Å². The summed E-state index contributed by atoms with van der Waals surface area (Å²) in [5, 5.41) is 3.18. The Hall–Kier alpha value is -3.47. The Morgan fingerprint density at radius 2 is 1.83 bits per heavy atom. The fraction of sp³-hybridized carbons (Fsp3) is 0.533. The average Bonchev–Trinajstić information content (AvgIpc) is 3.43. The first-order valence-electron chi connectivity index (χ1n) is 14.3. The zero-order chi connectivity index (χ0) is 29.4. The fourth-order valence-corrected chi connectivity index (χ4v) is 6.43. The van der Waals surface area contributed by atoms with E-state index in [-0.39, 0.29) is 50.6 Å². The van der Waals surface area contributed by atoms with Crippen LogP contribution < -0.4 is 23.8 Å². The van der Waals surface area contributed by atoms with Crippen LogP contribution in [0.15, 0.2) is 42.5 Å². The van der Waals surface area contributed by atoms with E-state index in [1.165, 1.54) is 10.7 Å². The number of benzene rings is 2. The van der Waals surface area contributed by atoms with Crippen LogP contribution >= 0.6 is 0 Å². The Kier molecular flexibility index (Phi) is 10.4. The van der Waals surface area contributed by atoms with E-state index in [1.807, 2.05) is 31.2 Å². The Morgan fingerprint density at radius 1 is 1.07 bits per heavy atom. The summed E-state index contributed by atoms with van der Waals surface area (Å²) in [6.45, 7) is 2.33. The number of nitrogens with one attached hydrogen (secondary N) is 1. The summed E-state index contributed by atoms with van der Waals surface area (Å²) in [6, 6.07) is 11.9. The molecule has 0 aromatic heterocycles. The van der Waals surface area contributed by atoms with Gasteiger partial charge in [0.1, 0.15) is 11.8 Å². The SMILES string of the molecule is CC[C@@H](C(=O)NC1CCCCC1)N(Cc1cccc(OC)c1)C(=O)CCCN(c1ccc2c(c1)OCO2)S(C)(=O)=O. The molecule has 1 atom stereocenters. The molecule has 1 N–H and O–H groups in total. The second-order valence-corrected chi connectivity index (χ2v) is 12.5. The largest absolute Gasteiger partial charge is 0.497 e. The maximum atomic E-state index is 13.7. The third-order valence-electron chi connectivity index (χ3n) is 7.62. The molecular weight excluding hydrogens is 546 g/mol. The van der Waals surface area contributed by atoms with Gasteiger partial charge in [0.2, 0.25) is 28.6 Å². The molecule has 1 heterocycles. The van der Waals surface area contributed by atoms with E-state index >= 15 is 0 Å². The number of rotatable bonds is 13. The molecule has 2 aromatic carbocycles. The highest BCUT2D eigenvalue weighted by molar-refractivity contribution is 7.92. The van der Waals surface area contributed by atoms with Gasteiger partial charge in [0.05, 0.1) is 19.1 Å². The van der Waals surface area contributed by atoms with Gasteiger partial charge in [-0.1, -0.05) is 38.3 Å². The lowest BCUT2D eigenvalue weighted by molar-refractivity contribution is -0.141. The predicted octanol–water partition coefficient (Wildman–Crippen LogP) is 4.23. The standard InChI is InChI=1S/C30H41N3O7S/c1-4-26(30(35)31-23-11-6-5-7-12-23)32(20-22-10-8-13-25(18-22)38-2)29(34)14-9-17-33(41(3,36)37)24-15-16-27-28(19-24)40-21-39-27/h8,10,13,15-16,18-19,23,26H,4-7,9,11-12,14,17,20-21H2,1-3H3,(H,31,35)/t26-/m0/s1. The van der Waals surface area contributed by atoms with Gasteiger partial charge in [-0.25, -0.2) is 8.42 Å². The number of carbonyl (C=O) groups excluding carboxylic acids is 2. The van der Waals surface area contributed by atoms with Crippen molar-refractivity contribution in [2.75, 3.05) is 31.0 Å². The first kappa shape index (κ1) is 30.5. The minimum atomic E-state index is -3.63. The summed E-state index contributed by atoms with van der Waals surface area (Å²) >= 11 is 0. The lowest BCUT2D eigenvalue weighted by atomic mass is 9.95. The van der Waals surface area contributed by atoms with Crippen molar-refractivity contribution in [3.05, 3.63) is 48.0 Å². The Morgan fingerprint density at radius 3 is 2.54 bits per heavy atom. The van der Waals surface area contributed by atoms with Gasteiger partial charge < -0.3 is 24.4 Å². The molecule has 11 heteroatoms. The zero-order valence-corrected chi connectivity index (χ0v) is 25.0. The minimum Gasteiger partial charge on any atom is -0.497 e. The second-order valence-electron chi connectivity index (χ2n) is 10.6. The van der Waals surface area contributed by atoms with Gasteiger partial charge in [-0.3, -0.25) is 13.9 Å². The first-order valence-corrected chi connectivity index (χ1v) is 16.1. The van der Waals surface area contributed by atoms with Crippen molar-refractivity contribution in [1.82, 2.24) is 10.2 Å². The maximum absolute atomic E-state index is 13.7. The number of sulfonamides is 1. The van der Waals surface area contributed by atoms with Crippen LogP contribution in [0, 0.1) is 0 Å². The average molecular weight is 588 g/mol. The monoisotopic (exact) mass is 587 g/mol. The summed E-state index contributed by atoms with van der Waals surface area (Å²) in [4.78, 5) is 28.8. The van der Waals surface area contributed by atoms with E-state index in [1.54, 1.807) is 30.2 Å². The van der Waals surface area contributed by atoms with E-state index in [0.717, 1.165) is 37.5 Å². The van der Waals surface area contributed by atoms with Crippen LogP contribution in [0.4, 0.5) is 5.69 Å². The smallest absolute Gasteiger partial charge is 0.243 e. The summed E-state index contributed by atoms with van der Waals surface area (Å²) in [6.07, 6.45) is 7.21. The van der Waals surface area contributed by atoms with Crippen molar-refractivity contribution in [3.8, 4) is 17.2 Å². The molecule has 4 rings (SSSR count). The highest BCUT2D eigenvalue weighted by atomic mass is 32.2. The van der Waals surface area contributed by atoms with Crippen molar-refractivity contribution in [2.45, 2.75) is 76.9 Å². The lowest BCUT2D eigenvalue weighted by Crippen LogP contribution is -2.51. The fourth-order valence-electron chi connectivity index (χ4n) is 5.48. The number of anilines is 1. The quantitative estimate of drug-likeness (QED) is 0.373. The normalized spacial score (nSPS) is 15.7. The van der Waals surface area contributed by atoms with E-state index in [2.05, 4.69) is 5.32 Å². The number of nitrogens with zero attached hydrogens (tertiary/aromatic N) is 2. The van der Waals surface area contributed by atoms with E-state index < -0.39 is 16.1 Å². The first-order chi connectivity index (χ1) is 19.7. The van der Waals surface area contributed by atoms with Crippen LogP contribution in [-0.4, -0.2) is 63.9 Å². The number of hydrogen-bond donors (Lipinski definition) is 1. The zero-order valence-electron chi connectivity index (χ0n) is 24.1. The highest BCUT2D eigenvalue weighted by Crippen LogP contribution is 2.36. The minimum absolute atomic E-state index is 0.0771. The number of hydrogen-bond acceptors (Lipinski definition) is 7. The molecule has 1 aliphatic carbocycles. The molecule has 2 aromatic rings. The predicted molar refractivity (Wildman–Crippen MR) is 157 cm³/mol. The van der Waals surface area contributed by atoms with Crippen LogP contribution in [0.25, 0.3) is 0 Å². The summed E-state index contributed by atoms with van der Waals surface area (Å²) in [5.74, 6) is 1.35. The molecule has 0 unspecified atom stereocenters. The van der Waals surface area contributed by atoms with Gasteiger partial charge >= 0.3 is 0 Å². The van der Waals surface area contributed by atoms with Gasteiger partial charge in [-0.05, 0) is 55.5 Å². The van der Waals surface area contributed by atoms with E-state index in [9.17, 15) is 18.0 Å². The van der Waals surface area contributed by atoms with E-state index in [4.69, 9.17) is 14.2 Å². The summed E-state index contributed by atoms with van der Waals surface area (Å²) < 4.78 is 42.7. The second kappa shape index (κ2) is 13.9. The van der Waals surface area contributed by atoms with Gasteiger partial charge in [0, 0.05) is 31.6 Å². The molecule has 0 spiro atoms. The van der Waals surface area contributed by atoms with Crippen molar-refractivity contribution in [1.29, 1.82) is 0 Å². The van der Waals surface area contributed by atoms with Crippen LogP contribution in [0.5, 0.6) is 17.2 Å². The molecule has 1 aliphatic heterocycles. The summed E-state index contributed by atoms with van der Waals surface area (Å²) in [5.41, 5.74) is 1.29. The highest BCUT2D eigenvalue weighted by Gasteiger charge is 2.31. The third kappa shape index (κ3) is 8.06. The molecule has 0 radical (unpaired) electrons. The molecule has 1 saturated carbocycles. The van der Waals surface area contributed by atoms with Crippen molar-refractivity contribution < 1.29 is 32.2 Å². The number of ether oxygens (including phenoxy) is 3. The molecule has 2 aliphatic rings. The molecule has 1 fully saturated rings.